The van der Waals surface area contributed by atoms with Crippen LogP contribution in [0.2, 0.25) is 0 Å². The number of rotatable bonds is 7. The maximum atomic E-state index is 13.3. The van der Waals surface area contributed by atoms with E-state index in [1.54, 1.807) is 36.4 Å². The monoisotopic (exact) mass is 414 g/mol. The molecule has 0 radical (unpaired) electrons. The normalized spacial score (nSPS) is 23.0. The number of anilines is 1. The average molecular weight is 415 g/mol. The van der Waals surface area contributed by atoms with E-state index in [1.165, 1.54) is 36.4 Å². The van der Waals surface area contributed by atoms with E-state index < -0.39 is 10.0 Å². The highest BCUT2D eigenvalue weighted by atomic mass is 32.2. The predicted molar refractivity (Wildman–Crippen MR) is 111 cm³/mol. The molecule has 1 amide bonds. The fourth-order valence-corrected chi connectivity index (χ4v) is 6.01. The number of fused-ring (bicyclic) bond motifs is 2. The fraction of sp³-hybridized carbons (Fsp3) is 0.409. The third kappa shape index (κ3) is 4.10. The molecule has 3 atom stereocenters. The number of benzene rings is 2. The predicted octanol–water partition coefficient (Wildman–Crippen LogP) is 3.20. The highest BCUT2D eigenvalue weighted by Crippen LogP contribution is 2.44. The van der Waals surface area contributed by atoms with Crippen molar-refractivity contribution >= 4 is 21.6 Å². The van der Waals surface area contributed by atoms with Crippen LogP contribution in [0, 0.1) is 11.8 Å². The van der Waals surface area contributed by atoms with Crippen LogP contribution in [0.1, 0.15) is 25.7 Å². The summed E-state index contributed by atoms with van der Waals surface area (Å²) in [5, 5.41) is 3.09. The number of carbonyl (C=O) groups is 1. The molecule has 0 aromatic heterocycles. The van der Waals surface area contributed by atoms with E-state index in [1.807, 2.05) is 6.07 Å². The SMILES string of the molecule is COc1ccc(S(=O)(=O)N(CC(=O)N[C@H]2C[C@H]3CC[C@H]2C3)c2ccccc2)cc1. The van der Waals surface area contributed by atoms with Crippen molar-refractivity contribution in [2.24, 2.45) is 11.8 Å². The fourth-order valence-electron chi connectivity index (χ4n) is 4.59. The molecule has 2 fully saturated rings. The second kappa shape index (κ2) is 8.06. The molecule has 0 spiro atoms. The van der Waals surface area contributed by atoms with Gasteiger partial charge < -0.3 is 10.1 Å². The molecular formula is C22H26N2O4S. The van der Waals surface area contributed by atoms with Crippen LogP contribution in [0.5, 0.6) is 5.75 Å². The minimum Gasteiger partial charge on any atom is -0.497 e. The van der Waals surface area contributed by atoms with Gasteiger partial charge >= 0.3 is 0 Å². The van der Waals surface area contributed by atoms with Gasteiger partial charge in [0.05, 0.1) is 17.7 Å². The molecule has 0 heterocycles. The van der Waals surface area contributed by atoms with Crippen LogP contribution < -0.4 is 14.4 Å². The molecule has 7 heteroatoms. The topological polar surface area (TPSA) is 75.7 Å². The van der Waals surface area contributed by atoms with E-state index in [0.29, 0.717) is 23.3 Å². The molecule has 2 saturated carbocycles. The third-order valence-electron chi connectivity index (χ3n) is 6.06. The van der Waals surface area contributed by atoms with Crippen molar-refractivity contribution in [3.63, 3.8) is 0 Å². The van der Waals surface area contributed by atoms with Crippen molar-refractivity contribution in [1.82, 2.24) is 5.32 Å². The van der Waals surface area contributed by atoms with Crippen LogP contribution in [0.15, 0.2) is 59.5 Å². The Morgan fingerprint density at radius 2 is 1.79 bits per heavy atom. The largest absolute Gasteiger partial charge is 0.497 e. The number of ether oxygens (including phenoxy) is 1. The number of sulfonamides is 1. The van der Waals surface area contributed by atoms with Gasteiger partial charge in [-0.1, -0.05) is 24.6 Å². The van der Waals surface area contributed by atoms with E-state index in [0.717, 1.165) is 12.8 Å². The lowest BCUT2D eigenvalue weighted by Crippen LogP contribution is -2.45. The van der Waals surface area contributed by atoms with Gasteiger partial charge in [0.1, 0.15) is 12.3 Å². The van der Waals surface area contributed by atoms with Crippen LogP contribution in [-0.4, -0.2) is 34.0 Å². The van der Waals surface area contributed by atoms with Crippen molar-refractivity contribution in [2.75, 3.05) is 18.0 Å². The summed E-state index contributed by atoms with van der Waals surface area (Å²) in [4.78, 5) is 12.9. The molecule has 154 valence electrons. The van der Waals surface area contributed by atoms with Gasteiger partial charge in [-0.3, -0.25) is 9.10 Å². The lowest BCUT2D eigenvalue weighted by molar-refractivity contribution is -0.120. The van der Waals surface area contributed by atoms with Crippen molar-refractivity contribution in [3.05, 3.63) is 54.6 Å². The second-order valence-corrected chi connectivity index (χ2v) is 9.73. The molecule has 2 aliphatic carbocycles. The summed E-state index contributed by atoms with van der Waals surface area (Å²) in [6.45, 7) is -0.244. The Morgan fingerprint density at radius 3 is 2.38 bits per heavy atom. The van der Waals surface area contributed by atoms with E-state index >= 15 is 0 Å². The molecule has 2 aliphatic rings. The molecule has 4 rings (SSSR count). The molecule has 0 saturated heterocycles. The van der Waals surface area contributed by atoms with Crippen LogP contribution in [0.4, 0.5) is 5.69 Å². The lowest BCUT2D eigenvalue weighted by Gasteiger charge is -2.27. The zero-order chi connectivity index (χ0) is 20.4. The Kier molecular flexibility index (Phi) is 5.50. The Labute approximate surface area is 171 Å². The number of methoxy groups -OCH3 is 1. The minimum atomic E-state index is -3.90. The maximum absolute atomic E-state index is 13.3. The molecular weight excluding hydrogens is 388 g/mol. The Balaban J connectivity index is 1.57. The Hall–Kier alpha value is -2.54. The number of para-hydroxylation sites is 1. The summed E-state index contributed by atoms with van der Waals surface area (Å²) in [5.41, 5.74) is 0.464. The smallest absolute Gasteiger partial charge is 0.264 e. The van der Waals surface area contributed by atoms with Crippen LogP contribution in [0.3, 0.4) is 0 Å². The lowest BCUT2D eigenvalue weighted by atomic mass is 9.95. The standard InChI is InChI=1S/C22H26N2O4S/c1-28-19-9-11-20(12-10-19)29(26,27)24(18-5-3-2-4-6-18)15-22(25)23-21-14-16-7-8-17(21)13-16/h2-6,9-12,16-17,21H,7-8,13-15H2,1H3,(H,23,25)/t16-,17-,21-/m0/s1. The van der Waals surface area contributed by atoms with Gasteiger partial charge in [-0.2, -0.15) is 0 Å². The zero-order valence-electron chi connectivity index (χ0n) is 16.5. The first-order chi connectivity index (χ1) is 14.0. The summed E-state index contributed by atoms with van der Waals surface area (Å²) >= 11 is 0. The van der Waals surface area contributed by atoms with Crippen molar-refractivity contribution < 1.29 is 17.9 Å². The summed E-state index contributed by atoms with van der Waals surface area (Å²) < 4.78 is 33.0. The van der Waals surface area contributed by atoms with E-state index in [-0.39, 0.29) is 23.4 Å². The molecule has 2 bridgehead atoms. The highest BCUT2D eigenvalue weighted by molar-refractivity contribution is 7.92. The van der Waals surface area contributed by atoms with E-state index in [4.69, 9.17) is 4.74 Å². The van der Waals surface area contributed by atoms with Crippen LogP contribution in [-0.2, 0) is 14.8 Å². The third-order valence-corrected chi connectivity index (χ3v) is 7.85. The van der Waals surface area contributed by atoms with Gasteiger partial charge in [-0.25, -0.2) is 8.42 Å². The van der Waals surface area contributed by atoms with Gasteiger partial charge in [0, 0.05) is 6.04 Å². The highest BCUT2D eigenvalue weighted by Gasteiger charge is 2.40. The number of hydrogen-bond acceptors (Lipinski definition) is 4. The number of carbonyl (C=O) groups excluding carboxylic acids is 1. The number of amides is 1. The summed E-state index contributed by atoms with van der Waals surface area (Å²) in [6.07, 6.45) is 4.59. The van der Waals surface area contributed by atoms with Gasteiger partial charge in [0.25, 0.3) is 10.0 Å². The van der Waals surface area contributed by atoms with Crippen LogP contribution >= 0.6 is 0 Å². The Bertz CT molecular complexity index is 960. The summed E-state index contributed by atoms with van der Waals surface area (Å²) in [5.74, 6) is 1.55. The van der Waals surface area contributed by atoms with Crippen molar-refractivity contribution in [3.8, 4) is 5.75 Å². The molecule has 6 nitrogen and oxygen atoms in total. The molecule has 0 unspecified atom stereocenters. The number of nitrogens with one attached hydrogen (secondary N) is 1. The first-order valence-corrected chi connectivity index (χ1v) is 11.4. The molecule has 29 heavy (non-hydrogen) atoms. The van der Waals surface area contributed by atoms with Gasteiger partial charge in [0.15, 0.2) is 0 Å². The molecule has 0 aliphatic heterocycles. The molecule has 2 aromatic carbocycles. The number of nitrogens with zero attached hydrogens (tertiary/aromatic N) is 1. The van der Waals surface area contributed by atoms with E-state index in [9.17, 15) is 13.2 Å². The maximum Gasteiger partial charge on any atom is 0.264 e. The van der Waals surface area contributed by atoms with Crippen molar-refractivity contribution in [1.29, 1.82) is 0 Å². The minimum absolute atomic E-state index is 0.120. The summed E-state index contributed by atoms with van der Waals surface area (Å²) in [6, 6.07) is 15.1. The molecule has 2 aromatic rings. The number of hydrogen-bond donors (Lipinski definition) is 1. The first kappa shape index (κ1) is 19.8. The van der Waals surface area contributed by atoms with Crippen LogP contribution in [0.25, 0.3) is 0 Å². The van der Waals surface area contributed by atoms with Gasteiger partial charge in [0.2, 0.25) is 5.91 Å². The van der Waals surface area contributed by atoms with Crippen molar-refractivity contribution in [2.45, 2.75) is 36.6 Å². The summed E-state index contributed by atoms with van der Waals surface area (Å²) in [7, 11) is -2.37. The van der Waals surface area contributed by atoms with Gasteiger partial charge in [-0.05, 0) is 67.5 Å². The Morgan fingerprint density at radius 1 is 1.07 bits per heavy atom. The van der Waals surface area contributed by atoms with E-state index in [2.05, 4.69) is 5.32 Å². The first-order valence-electron chi connectivity index (χ1n) is 9.98. The zero-order valence-corrected chi connectivity index (χ0v) is 17.3. The molecule has 1 N–H and O–H groups in total. The average Bonchev–Trinajstić information content (AvgIpc) is 3.36. The second-order valence-electron chi connectivity index (χ2n) is 7.87. The van der Waals surface area contributed by atoms with Gasteiger partial charge in [-0.15, -0.1) is 0 Å². The quantitative estimate of drug-likeness (QED) is 0.755.